The molecular weight excluding hydrogens is 304 g/mol. The average molecular weight is 334 g/mol. The Hall–Kier alpha value is -1.30. The van der Waals surface area contributed by atoms with Crippen molar-refractivity contribution in [1.29, 1.82) is 0 Å². The minimum absolute atomic E-state index is 0.331. The van der Waals surface area contributed by atoms with E-state index in [0.717, 1.165) is 56.7 Å². The Labute approximate surface area is 145 Å². The van der Waals surface area contributed by atoms with E-state index in [-0.39, 0.29) is 0 Å². The number of aliphatic hydroxyl groups is 1. The molecule has 2 unspecified atom stereocenters. The molecule has 0 spiro atoms. The molecule has 2 aliphatic heterocycles. The summed E-state index contributed by atoms with van der Waals surface area (Å²) in [6, 6.07) is 8.20. The Morgan fingerprint density at radius 1 is 1.25 bits per heavy atom. The van der Waals surface area contributed by atoms with Crippen LogP contribution in [-0.4, -0.2) is 68.7 Å². The number of morpholine rings is 1. The van der Waals surface area contributed by atoms with Crippen LogP contribution in [0.25, 0.3) is 0 Å². The van der Waals surface area contributed by atoms with Crippen LogP contribution in [0.4, 0.5) is 5.69 Å². The molecule has 134 valence electrons. The van der Waals surface area contributed by atoms with Crippen molar-refractivity contribution in [2.24, 2.45) is 5.92 Å². The van der Waals surface area contributed by atoms with Crippen molar-refractivity contribution in [3.63, 3.8) is 0 Å². The van der Waals surface area contributed by atoms with Crippen LogP contribution in [0.2, 0.25) is 0 Å². The van der Waals surface area contributed by atoms with Gasteiger partial charge in [-0.05, 0) is 30.9 Å². The molecule has 0 radical (unpaired) electrons. The van der Waals surface area contributed by atoms with Gasteiger partial charge in [0.25, 0.3) is 0 Å². The fraction of sp³-hybridized carbons (Fsp3) is 0.684. The quantitative estimate of drug-likeness (QED) is 0.862. The minimum Gasteiger partial charge on any atom is -0.489 e. The first-order chi connectivity index (χ1) is 11.7. The fourth-order valence-corrected chi connectivity index (χ4v) is 3.57. The number of ether oxygens (including phenoxy) is 2. The van der Waals surface area contributed by atoms with Crippen molar-refractivity contribution in [2.75, 3.05) is 57.4 Å². The van der Waals surface area contributed by atoms with Crippen LogP contribution in [0.3, 0.4) is 0 Å². The molecule has 0 aromatic heterocycles. The van der Waals surface area contributed by atoms with E-state index in [1.807, 2.05) is 12.1 Å². The van der Waals surface area contributed by atoms with Crippen molar-refractivity contribution in [2.45, 2.75) is 25.9 Å². The predicted octanol–water partition coefficient (Wildman–Crippen LogP) is 1.99. The normalized spacial score (nSPS) is 23.9. The number of para-hydroxylation sites is 2. The Bertz CT molecular complexity index is 505. The first-order valence-electron chi connectivity index (χ1n) is 9.17. The van der Waals surface area contributed by atoms with Crippen molar-refractivity contribution in [3.8, 4) is 5.75 Å². The summed E-state index contributed by atoms with van der Waals surface area (Å²) >= 11 is 0. The second kappa shape index (κ2) is 8.70. The standard InChI is InChI=1S/C19H30N2O3/c1-16-5-4-8-21(13-16)18-6-2-3-7-19(18)24-15-17(22)14-20-9-11-23-12-10-20/h2-3,6-7,16-17,22H,4-5,8-15H2,1H3. The maximum atomic E-state index is 10.3. The number of anilines is 1. The van der Waals surface area contributed by atoms with Crippen molar-refractivity contribution >= 4 is 5.69 Å². The van der Waals surface area contributed by atoms with Gasteiger partial charge in [0.15, 0.2) is 0 Å². The van der Waals surface area contributed by atoms with Gasteiger partial charge in [-0.3, -0.25) is 4.90 Å². The van der Waals surface area contributed by atoms with E-state index >= 15 is 0 Å². The van der Waals surface area contributed by atoms with Gasteiger partial charge >= 0.3 is 0 Å². The summed E-state index contributed by atoms with van der Waals surface area (Å²) in [5.74, 6) is 1.60. The monoisotopic (exact) mass is 334 g/mol. The molecule has 2 atom stereocenters. The molecule has 5 heteroatoms. The van der Waals surface area contributed by atoms with Crippen LogP contribution >= 0.6 is 0 Å². The topological polar surface area (TPSA) is 45.2 Å². The van der Waals surface area contributed by atoms with E-state index in [2.05, 4.69) is 28.9 Å². The molecule has 1 N–H and O–H groups in total. The lowest BCUT2D eigenvalue weighted by molar-refractivity contribution is 0.00469. The third-order valence-electron chi connectivity index (χ3n) is 4.87. The fourth-order valence-electron chi connectivity index (χ4n) is 3.57. The lowest BCUT2D eigenvalue weighted by Gasteiger charge is -2.34. The number of β-amino-alcohol motifs (C(OH)–C–C–N with tert-alkyl or cyclic N) is 1. The first-order valence-corrected chi connectivity index (χ1v) is 9.17. The summed E-state index contributed by atoms with van der Waals surface area (Å²) in [6.45, 7) is 8.73. The number of benzene rings is 1. The maximum Gasteiger partial charge on any atom is 0.142 e. The van der Waals surface area contributed by atoms with E-state index < -0.39 is 6.10 Å². The zero-order chi connectivity index (χ0) is 16.8. The third kappa shape index (κ3) is 4.85. The van der Waals surface area contributed by atoms with Gasteiger partial charge in [-0.15, -0.1) is 0 Å². The van der Waals surface area contributed by atoms with Crippen LogP contribution < -0.4 is 9.64 Å². The molecule has 2 fully saturated rings. The summed E-state index contributed by atoms with van der Waals surface area (Å²) in [6.07, 6.45) is 2.06. The molecule has 5 nitrogen and oxygen atoms in total. The van der Waals surface area contributed by atoms with Crippen LogP contribution in [-0.2, 0) is 4.74 Å². The summed E-state index contributed by atoms with van der Waals surface area (Å²) in [4.78, 5) is 4.65. The number of piperidine rings is 1. The second-order valence-corrected chi connectivity index (χ2v) is 7.04. The van der Waals surface area contributed by atoms with Gasteiger partial charge in [0.2, 0.25) is 0 Å². The molecule has 24 heavy (non-hydrogen) atoms. The second-order valence-electron chi connectivity index (χ2n) is 7.04. The molecule has 2 heterocycles. The van der Waals surface area contributed by atoms with E-state index in [1.165, 1.54) is 12.8 Å². The highest BCUT2D eigenvalue weighted by Gasteiger charge is 2.20. The molecule has 3 rings (SSSR count). The van der Waals surface area contributed by atoms with Gasteiger partial charge in [-0.2, -0.15) is 0 Å². The third-order valence-corrected chi connectivity index (χ3v) is 4.87. The van der Waals surface area contributed by atoms with Crippen molar-refractivity contribution < 1.29 is 14.6 Å². The van der Waals surface area contributed by atoms with Crippen molar-refractivity contribution in [3.05, 3.63) is 24.3 Å². The Morgan fingerprint density at radius 3 is 2.83 bits per heavy atom. The molecule has 1 aromatic carbocycles. The summed E-state index contributed by atoms with van der Waals surface area (Å²) < 4.78 is 11.3. The Kier molecular flexibility index (Phi) is 6.35. The number of hydrogen-bond acceptors (Lipinski definition) is 5. The Balaban J connectivity index is 1.54. The summed E-state index contributed by atoms with van der Waals surface area (Å²) in [5.41, 5.74) is 1.16. The number of hydrogen-bond donors (Lipinski definition) is 1. The highest BCUT2D eigenvalue weighted by Crippen LogP contribution is 2.31. The van der Waals surface area contributed by atoms with E-state index in [1.54, 1.807) is 0 Å². The zero-order valence-corrected chi connectivity index (χ0v) is 14.7. The van der Waals surface area contributed by atoms with Gasteiger partial charge in [-0.25, -0.2) is 0 Å². The predicted molar refractivity (Wildman–Crippen MR) is 95.8 cm³/mol. The molecular formula is C19H30N2O3. The molecule has 2 aliphatic rings. The van der Waals surface area contributed by atoms with Crippen LogP contribution in [0.15, 0.2) is 24.3 Å². The van der Waals surface area contributed by atoms with Gasteiger partial charge < -0.3 is 19.5 Å². The van der Waals surface area contributed by atoms with Gasteiger partial charge in [0.05, 0.1) is 18.9 Å². The summed E-state index contributed by atoms with van der Waals surface area (Å²) in [7, 11) is 0. The van der Waals surface area contributed by atoms with Gasteiger partial charge in [0.1, 0.15) is 18.5 Å². The molecule has 0 bridgehead atoms. The molecule has 0 saturated carbocycles. The molecule has 0 aliphatic carbocycles. The lowest BCUT2D eigenvalue weighted by atomic mass is 9.99. The largest absolute Gasteiger partial charge is 0.489 e. The van der Waals surface area contributed by atoms with Crippen LogP contribution in [0.1, 0.15) is 19.8 Å². The lowest BCUT2D eigenvalue weighted by Crippen LogP contribution is -2.42. The zero-order valence-electron chi connectivity index (χ0n) is 14.7. The first kappa shape index (κ1) is 17.5. The van der Waals surface area contributed by atoms with Gasteiger partial charge in [0, 0.05) is 32.7 Å². The van der Waals surface area contributed by atoms with E-state index in [4.69, 9.17) is 9.47 Å². The highest BCUT2D eigenvalue weighted by atomic mass is 16.5. The smallest absolute Gasteiger partial charge is 0.142 e. The van der Waals surface area contributed by atoms with Crippen molar-refractivity contribution in [1.82, 2.24) is 4.90 Å². The van der Waals surface area contributed by atoms with Crippen LogP contribution in [0.5, 0.6) is 5.75 Å². The molecule has 2 saturated heterocycles. The highest BCUT2D eigenvalue weighted by molar-refractivity contribution is 5.58. The van der Waals surface area contributed by atoms with E-state index in [0.29, 0.717) is 13.2 Å². The van der Waals surface area contributed by atoms with E-state index in [9.17, 15) is 5.11 Å². The summed E-state index contributed by atoms with van der Waals surface area (Å²) in [5, 5.41) is 10.3. The van der Waals surface area contributed by atoms with Crippen LogP contribution in [0, 0.1) is 5.92 Å². The number of aliphatic hydroxyl groups excluding tert-OH is 1. The SMILES string of the molecule is CC1CCCN(c2ccccc2OCC(O)CN2CCOCC2)C1. The Morgan fingerprint density at radius 2 is 2.04 bits per heavy atom. The number of rotatable bonds is 6. The maximum absolute atomic E-state index is 10.3. The minimum atomic E-state index is -0.476. The number of nitrogens with zero attached hydrogens (tertiary/aromatic N) is 2. The average Bonchev–Trinajstić information content (AvgIpc) is 2.61. The molecule has 1 aromatic rings. The van der Waals surface area contributed by atoms with Gasteiger partial charge in [-0.1, -0.05) is 19.1 Å². The molecule has 0 amide bonds.